The second-order valence-electron chi connectivity index (χ2n) is 6.47. The Bertz CT molecular complexity index is 863. The van der Waals surface area contributed by atoms with Crippen LogP contribution in [-0.2, 0) is 0 Å². The van der Waals surface area contributed by atoms with E-state index in [4.69, 9.17) is 15.5 Å². The first-order valence-corrected chi connectivity index (χ1v) is 9.50. The fraction of sp³-hybridized carbons (Fsp3) is 0.318. The summed E-state index contributed by atoms with van der Waals surface area (Å²) in [5, 5.41) is 8.14. The zero-order chi connectivity index (χ0) is 18.9. The number of benzene rings is 2. The first kappa shape index (κ1) is 28.2. The fourth-order valence-electron chi connectivity index (χ4n) is 3.02. The predicted octanol–water partition coefficient (Wildman–Crippen LogP) is 4.92. The van der Waals surface area contributed by atoms with Crippen molar-refractivity contribution in [2.75, 3.05) is 38.6 Å². The van der Waals surface area contributed by atoms with E-state index in [0.29, 0.717) is 0 Å². The summed E-state index contributed by atoms with van der Waals surface area (Å²) in [6, 6.07) is 18.4. The minimum atomic E-state index is 0. The average molecular weight is 474 g/mol. The first-order valence-electron chi connectivity index (χ1n) is 9.50. The van der Waals surface area contributed by atoms with Gasteiger partial charge in [-0.3, -0.25) is 0 Å². The molecule has 0 atom stereocenters. The minimum Gasteiger partial charge on any atom is -0.497 e. The molecule has 30 heavy (non-hydrogen) atoms. The zero-order valence-corrected chi connectivity index (χ0v) is 19.5. The molecular weight excluding hydrogens is 443 g/mol. The summed E-state index contributed by atoms with van der Waals surface area (Å²) in [6.07, 6.45) is 2.08. The van der Waals surface area contributed by atoms with Gasteiger partial charge in [0.15, 0.2) is 0 Å². The van der Waals surface area contributed by atoms with E-state index in [-0.39, 0.29) is 37.2 Å². The summed E-state index contributed by atoms with van der Waals surface area (Å²) in [5.74, 6) is 0.847. The van der Waals surface area contributed by atoms with Gasteiger partial charge in [0.05, 0.1) is 18.3 Å². The average Bonchev–Trinajstić information content (AvgIpc) is 2.73. The van der Waals surface area contributed by atoms with Gasteiger partial charge in [-0.1, -0.05) is 18.2 Å². The number of hydrogen-bond donors (Lipinski definition) is 3. The van der Waals surface area contributed by atoms with Crippen molar-refractivity contribution in [3.05, 3.63) is 54.6 Å². The molecule has 0 spiro atoms. The van der Waals surface area contributed by atoms with Gasteiger partial charge in [0.25, 0.3) is 0 Å². The predicted molar refractivity (Wildman–Crippen MR) is 135 cm³/mol. The van der Waals surface area contributed by atoms with Gasteiger partial charge in [0.2, 0.25) is 0 Å². The molecule has 166 valence electrons. The molecule has 1 aromatic heterocycles. The lowest BCUT2D eigenvalue weighted by Gasteiger charge is -2.13. The van der Waals surface area contributed by atoms with Crippen LogP contribution >= 0.6 is 37.2 Å². The topological polar surface area (TPSA) is 72.2 Å². The molecule has 3 rings (SSSR count). The van der Waals surface area contributed by atoms with Gasteiger partial charge >= 0.3 is 0 Å². The van der Waals surface area contributed by atoms with Crippen molar-refractivity contribution in [1.29, 1.82) is 0 Å². The Morgan fingerprint density at radius 3 is 2.30 bits per heavy atom. The van der Waals surface area contributed by atoms with Crippen molar-refractivity contribution in [3.8, 4) is 17.0 Å². The second kappa shape index (κ2) is 15.1. The molecule has 0 aliphatic carbocycles. The summed E-state index contributed by atoms with van der Waals surface area (Å²) < 4.78 is 5.25. The highest BCUT2D eigenvalue weighted by molar-refractivity contribution is 5.93. The van der Waals surface area contributed by atoms with E-state index in [1.165, 1.54) is 0 Å². The third kappa shape index (κ3) is 7.82. The molecule has 8 heteroatoms. The molecule has 2 aromatic carbocycles. The Hall–Kier alpha value is -1.76. The van der Waals surface area contributed by atoms with Crippen LogP contribution in [0.25, 0.3) is 22.2 Å². The normalized spacial score (nSPS) is 9.80. The molecule has 0 saturated heterocycles. The van der Waals surface area contributed by atoms with Crippen LogP contribution in [0.4, 0.5) is 5.69 Å². The van der Waals surface area contributed by atoms with Gasteiger partial charge in [-0.15, -0.1) is 37.2 Å². The lowest BCUT2D eigenvalue weighted by Crippen LogP contribution is -2.21. The highest BCUT2D eigenvalue weighted by Crippen LogP contribution is 2.29. The van der Waals surface area contributed by atoms with E-state index in [0.717, 1.165) is 72.6 Å². The van der Waals surface area contributed by atoms with E-state index < -0.39 is 0 Å². The number of pyridine rings is 1. The van der Waals surface area contributed by atoms with Crippen molar-refractivity contribution in [2.45, 2.75) is 12.8 Å². The SMILES string of the molecule is COc1ccc(-c2cc(NCCCNCCCN)c3ccccc3n2)cc1.Cl.Cl.Cl. The molecular formula is C22H31Cl3N4O. The molecule has 0 amide bonds. The van der Waals surface area contributed by atoms with Gasteiger partial charge in [0, 0.05) is 23.2 Å². The second-order valence-corrected chi connectivity index (χ2v) is 6.47. The molecule has 0 aliphatic rings. The number of nitrogens with zero attached hydrogens (tertiary/aromatic N) is 1. The van der Waals surface area contributed by atoms with Crippen molar-refractivity contribution in [2.24, 2.45) is 5.73 Å². The Morgan fingerprint density at radius 1 is 0.900 bits per heavy atom. The summed E-state index contributed by atoms with van der Waals surface area (Å²) in [7, 11) is 1.68. The molecule has 0 radical (unpaired) electrons. The number of aromatic nitrogens is 1. The minimum absolute atomic E-state index is 0. The number of ether oxygens (including phenoxy) is 1. The molecule has 0 aliphatic heterocycles. The van der Waals surface area contributed by atoms with Gasteiger partial charge in [-0.25, -0.2) is 4.98 Å². The number of para-hydroxylation sites is 1. The highest BCUT2D eigenvalue weighted by atomic mass is 35.5. The smallest absolute Gasteiger partial charge is 0.118 e. The maximum absolute atomic E-state index is 5.51. The number of nitrogens with one attached hydrogen (secondary N) is 2. The quantitative estimate of drug-likeness (QED) is 0.365. The van der Waals surface area contributed by atoms with E-state index in [1.54, 1.807) is 7.11 Å². The van der Waals surface area contributed by atoms with Gasteiger partial charge in [0.1, 0.15) is 5.75 Å². The molecule has 1 heterocycles. The molecule has 0 bridgehead atoms. The fourth-order valence-corrected chi connectivity index (χ4v) is 3.02. The van der Waals surface area contributed by atoms with Crippen LogP contribution < -0.4 is 21.1 Å². The van der Waals surface area contributed by atoms with Crippen molar-refractivity contribution in [1.82, 2.24) is 10.3 Å². The van der Waals surface area contributed by atoms with Crippen molar-refractivity contribution in [3.63, 3.8) is 0 Å². The highest BCUT2D eigenvalue weighted by Gasteiger charge is 2.07. The lowest BCUT2D eigenvalue weighted by atomic mass is 10.1. The molecule has 5 nitrogen and oxygen atoms in total. The van der Waals surface area contributed by atoms with Gasteiger partial charge in [-0.2, -0.15) is 0 Å². The lowest BCUT2D eigenvalue weighted by molar-refractivity contribution is 0.415. The summed E-state index contributed by atoms with van der Waals surface area (Å²) in [6.45, 7) is 3.62. The maximum Gasteiger partial charge on any atom is 0.118 e. The van der Waals surface area contributed by atoms with Gasteiger partial charge in [-0.05, 0) is 68.9 Å². The number of methoxy groups -OCH3 is 1. The number of fused-ring (bicyclic) bond motifs is 1. The third-order valence-electron chi connectivity index (χ3n) is 4.51. The molecule has 0 fully saturated rings. The summed E-state index contributed by atoms with van der Waals surface area (Å²) in [5.41, 5.74) is 9.66. The zero-order valence-electron chi connectivity index (χ0n) is 17.1. The molecule has 0 unspecified atom stereocenters. The number of rotatable bonds is 10. The number of halogens is 3. The Morgan fingerprint density at radius 2 is 1.60 bits per heavy atom. The molecule has 4 N–H and O–H groups in total. The van der Waals surface area contributed by atoms with E-state index in [9.17, 15) is 0 Å². The third-order valence-corrected chi connectivity index (χ3v) is 4.51. The standard InChI is InChI=1S/C22H28N4O.3ClH/c1-27-18-10-8-17(9-11-18)21-16-22(19-6-2-3-7-20(19)26-21)25-15-5-14-24-13-4-12-23;;;/h2-3,6-11,16,24H,4-5,12-15,23H2,1H3,(H,25,26);3*1H. The number of hydrogen-bond acceptors (Lipinski definition) is 5. The van der Waals surface area contributed by atoms with E-state index >= 15 is 0 Å². The van der Waals surface area contributed by atoms with E-state index in [1.807, 2.05) is 30.3 Å². The van der Waals surface area contributed by atoms with Crippen LogP contribution in [0.5, 0.6) is 5.75 Å². The Balaban J connectivity index is 0.00000280. The van der Waals surface area contributed by atoms with Crippen LogP contribution in [-0.4, -0.2) is 38.3 Å². The Labute approximate surface area is 197 Å². The van der Waals surface area contributed by atoms with Gasteiger partial charge < -0.3 is 21.1 Å². The molecule has 3 aromatic rings. The Kier molecular flexibility index (Phi) is 14.2. The summed E-state index contributed by atoms with van der Waals surface area (Å²) in [4.78, 5) is 4.83. The van der Waals surface area contributed by atoms with E-state index in [2.05, 4.69) is 34.9 Å². The number of anilines is 1. The van der Waals surface area contributed by atoms with Crippen molar-refractivity contribution >= 4 is 53.8 Å². The van der Waals surface area contributed by atoms with Crippen LogP contribution in [0.3, 0.4) is 0 Å². The largest absolute Gasteiger partial charge is 0.497 e. The van der Waals surface area contributed by atoms with Crippen molar-refractivity contribution < 1.29 is 4.74 Å². The van der Waals surface area contributed by atoms with Crippen LogP contribution in [0, 0.1) is 0 Å². The monoisotopic (exact) mass is 472 g/mol. The van der Waals surface area contributed by atoms with Crippen LogP contribution in [0.1, 0.15) is 12.8 Å². The van der Waals surface area contributed by atoms with Crippen LogP contribution in [0.2, 0.25) is 0 Å². The summed E-state index contributed by atoms with van der Waals surface area (Å²) >= 11 is 0. The first-order chi connectivity index (χ1) is 13.3. The maximum atomic E-state index is 5.51. The van der Waals surface area contributed by atoms with Crippen LogP contribution in [0.15, 0.2) is 54.6 Å². The number of nitrogens with two attached hydrogens (primary N) is 1. The molecule has 0 saturated carbocycles.